The number of pyridine rings is 1. The molecule has 1 saturated carbocycles. The second-order valence-electron chi connectivity index (χ2n) is 7.51. The lowest BCUT2D eigenvalue weighted by Gasteiger charge is -2.50. The average Bonchev–Trinajstić information content (AvgIpc) is 3.18. The van der Waals surface area contributed by atoms with Gasteiger partial charge in [-0.05, 0) is 36.6 Å². The first kappa shape index (κ1) is 18.6. The highest BCUT2D eigenvalue weighted by molar-refractivity contribution is 6.05. The van der Waals surface area contributed by atoms with Gasteiger partial charge in [0.2, 0.25) is 5.91 Å². The number of anilines is 1. The Bertz CT molecular complexity index is 862. The minimum atomic E-state index is -0.504. The first-order valence-electron chi connectivity index (χ1n) is 9.78. The van der Waals surface area contributed by atoms with Crippen molar-refractivity contribution < 1.29 is 14.3 Å². The van der Waals surface area contributed by atoms with Crippen molar-refractivity contribution in [3.05, 3.63) is 59.9 Å². The van der Waals surface area contributed by atoms with E-state index in [1.807, 2.05) is 35.2 Å². The summed E-state index contributed by atoms with van der Waals surface area (Å²) in [6.07, 6.45) is 6.98. The maximum absolute atomic E-state index is 13.5. The molecule has 2 aliphatic rings. The molecule has 1 aromatic heterocycles. The van der Waals surface area contributed by atoms with Crippen LogP contribution in [0, 0.1) is 0 Å². The molecular weight excluding hydrogens is 354 g/mol. The van der Waals surface area contributed by atoms with E-state index in [2.05, 4.69) is 10.3 Å². The molecule has 1 atom stereocenters. The van der Waals surface area contributed by atoms with Gasteiger partial charge in [0, 0.05) is 25.4 Å². The smallest absolute Gasteiger partial charge is 0.254 e. The Balaban J connectivity index is 1.79. The molecule has 28 heavy (non-hydrogen) atoms. The Kier molecular flexibility index (Phi) is 5.13. The van der Waals surface area contributed by atoms with Gasteiger partial charge in [0.15, 0.2) is 0 Å². The van der Waals surface area contributed by atoms with Crippen molar-refractivity contribution in [2.24, 2.45) is 0 Å². The van der Waals surface area contributed by atoms with E-state index < -0.39 is 11.5 Å². The lowest BCUT2D eigenvalue weighted by atomic mass is 9.71. The van der Waals surface area contributed by atoms with Gasteiger partial charge in [0.25, 0.3) is 5.91 Å². The second kappa shape index (κ2) is 7.72. The number of benzene rings is 1. The number of methoxy groups -OCH3 is 1. The number of aromatic nitrogens is 1. The molecule has 146 valence electrons. The summed E-state index contributed by atoms with van der Waals surface area (Å²) in [5.74, 6) is -0.502. The molecular formula is C22H25N3O3. The fraction of sp³-hybridized carbons (Fsp3) is 0.409. The number of rotatable bonds is 5. The summed E-state index contributed by atoms with van der Waals surface area (Å²) in [7, 11) is 1.64. The van der Waals surface area contributed by atoms with Crippen LogP contribution in [-0.2, 0) is 9.53 Å². The van der Waals surface area contributed by atoms with Crippen LogP contribution in [0.15, 0.2) is 48.8 Å². The van der Waals surface area contributed by atoms with Crippen molar-refractivity contribution in [2.75, 3.05) is 25.6 Å². The summed E-state index contributed by atoms with van der Waals surface area (Å²) in [5.41, 5.74) is 1.60. The highest BCUT2D eigenvalue weighted by atomic mass is 16.5. The normalized spacial score (nSPS) is 20.2. The lowest BCUT2D eigenvalue weighted by molar-refractivity contribution is -0.121. The summed E-state index contributed by atoms with van der Waals surface area (Å²) in [6.45, 7) is 0.937. The van der Waals surface area contributed by atoms with E-state index in [9.17, 15) is 9.59 Å². The molecule has 0 saturated heterocycles. The van der Waals surface area contributed by atoms with E-state index in [1.165, 1.54) is 0 Å². The molecule has 0 bridgehead atoms. The molecule has 1 aromatic carbocycles. The number of carbonyl (C=O) groups is 2. The fourth-order valence-electron chi connectivity index (χ4n) is 4.83. The molecule has 6 heteroatoms. The quantitative estimate of drug-likeness (QED) is 0.866. The SMILES string of the molecule is COCCN1C(=O)c2ccccc2C(C(=O)Nc2cccnc2)C12CCCC2. The monoisotopic (exact) mass is 379 g/mol. The third-order valence-corrected chi connectivity index (χ3v) is 6.00. The van der Waals surface area contributed by atoms with Crippen LogP contribution in [0.3, 0.4) is 0 Å². The molecule has 4 rings (SSSR count). The molecule has 2 heterocycles. The summed E-state index contributed by atoms with van der Waals surface area (Å²) < 4.78 is 5.27. The Hall–Kier alpha value is -2.73. The topological polar surface area (TPSA) is 71.5 Å². The molecule has 1 aliphatic carbocycles. The van der Waals surface area contributed by atoms with Gasteiger partial charge >= 0.3 is 0 Å². The highest BCUT2D eigenvalue weighted by Crippen LogP contribution is 2.50. The number of ether oxygens (including phenoxy) is 1. The summed E-state index contributed by atoms with van der Waals surface area (Å²) in [6, 6.07) is 11.1. The third kappa shape index (κ3) is 3.07. The third-order valence-electron chi connectivity index (χ3n) is 6.00. The maximum atomic E-state index is 13.5. The largest absolute Gasteiger partial charge is 0.383 e. The zero-order valence-electron chi connectivity index (χ0n) is 16.1. The molecule has 1 spiro atoms. The molecule has 1 fully saturated rings. The summed E-state index contributed by atoms with van der Waals surface area (Å²) >= 11 is 0. The number of amides is 2. The first-order valence-corrected chi connectivity index (χ1v) is 9.78. The van der Waals surface area contributed by atoms with Crippen LogP contribution in [0.4, 0.5) is 5.69 Å². The van der Waals surface area contributed by atoms with Crippen LogP contribution in [0.5, 0.6) is 0 Å². The van der Waals surface area contributed by atoms with Gasteiger partial charge in [-0.25, -0.2) is 0 Å². The molecule has 1 unspecified atom stereocenters. The van der Waals surface area contributed by atoms with Gasteiger partial charge in [-0.2, -0.15) is 0 Å². The Labute approximate surface area is 164 Å². The fourth-order valence-corrected chi connectivity index (χ4v) is 4.83. The number of nitrogens with one attached hydrogen (secondary N) is 1. The summed E-state index contributed by atoms with van der Waals surface area (Å²) in [4.78, 5) is 32.8. The van der Waals surface area contributed by atoms with Crippen molar-refractivity contribution in [3.8, 4) is 0 Å². The van der Waals surface area contributed by atoms with Crippen LogP contribution in [-0.4, -0.2) is 47.5 Å². The van der Waals surface area contributed by atoms with Crippen molar-refractivity contribution in [3.63, 3.8) is 0 Å². The van der Waals surface area contributed by atoms with Crippen molar-refractivity contribution >= 4 is 17.5 Å². The molecule has 1 aliphatic heterocycles. The number of hydrogen-bond donors (Lipinski definition) is 1. The number of fused-ring (bicyclic) bond motifs is 1. The second-order valence-corrected chi connectivity index (χ2v) is 7.51. The predicted molar refractivity (Wildman–Crippen MR) is 106 cm³/mol. The van der Waals surface area contributed by atoms with E-state index in [1.54, 1.807) is 25.6 Å². The summed E-state index contributed by atoms with van der Waals surface area (Å²) in [5, 5.41) is 3.02. The lowest BCUT2D eigenvalue weighted by Crippen LogP contribution is -2.60. The van der Waals surface area contributed by atoms with E-state index in [-0.39, 0.29) is 11.8 Å². The van der Waals surface area contributed by atoms with Crippen LogP contribution < -0.4 is 5.32 Å². The van der Waals surface area contributed by atoms with E-state index in [4.69, 9.17) is 4.74 Å². The molecule has 2 amide bonds. The number of nitrogens with zero attached hydrogens (tertiary/aromatic N) is 2. The predicted octanol–water partition coefficient (Wildman–Crippen LogP) is 3.22. The Morgan fingerprint density at radius 1 is 1.25 bits per heavy atom. The number of carbonyl (C=O) groups excluding carboxylic acids is 2. The zero-order chi connectivity index (χ0) is 19.6. The van der Waals surface area contributed by atoms with Crippen LogP contribution in [0.2, 0.25) is 0 Å². The standard InChI is InChI=1S/C22H25N3O3/c1-28-14-13-25-21(27)18-9-3-2-8-17(18)19(22(25)10-4-5-11-22)20(26)24-16-7-6-12-23-15-16/h2-3,6-9,12,15,19H,4-5,10-11,13-14H2,1H3,(H,24,26). The van der Waals surface area contributed by atoms with Gasteiger partial charge in [-0.1, -0.05) is 31.0 Å². The van der Waals surface area contributed by atoms with Crippen molar-refractivity contribution in [1.29, 1.82) is 0 Å². The number of hydrogen-bond acceptors (Lipinski definition) is 4. The minimum Gasteiger partial charge on any atom is -0.383 e. The molecule has 2 aromatic rings. The van der Waals surface area contributed by atoms with Crippen molar-refractivity contribution in [2.45, 2.75) is 37.1 Å². The van der Waals surface area contributed by atoms with Gasteiger partial charge < -0.3 is 15.0 Å². The van der Waals surface area contributed by atoms with Crippen LogP contribution >= 0.6 is 0 Å². The van der Waals surface area contributed by atoms with Crippen LogP contribution in [0.25, 0.3) is 0 Å². The van der Waals surface area contributed by atoms with Gasteiger partial charge in [-0.3, -0.25) is 14.6 Å². The van der Waals surface area contributed by atoms with E-state index in [0.717, 1.165) is 31.2 Å². The van der Waals surface area contributed by atoms with Gasteiger partial charge in [0.1, 0.15) is 0 Å². The average molecular weight is 379 g/mol. The Morgan fingerprint density at radius 3 is 2.75 bits per heavy atom. The maximum Gasteiger partial charge on any atom is 0.254 e. The first-order chi connectivity index (χ1) is 13.7. The molecule has 1 N–H and O–H groups in total. The van der Waals surface area contributed by atoms with E-state index >= 15 is 0 Å². The zero-order valence-corrected chi connectivity index (χ0v) is 16.1. The van der Waals surface area contributed by atoms with Gasteiger partial charge in [-0.15, -0.1) is 0 Å². The van der Waals surface area contributed by atoms with Gasteiger partial charge in [0.05, 0.1) is 29.9 Å². The molecule has 6 nitrogen and oxygen atoms in total. The van der Waals surface area contributed by atoms with Crippen molar-refractivity contribution in [1.82, 2.24) is 9.88 Å². The minimum absolute atomic E-state index is 0.0000206. The van der Waals surface area contributed by atoms with E-state index in [0.29, 0.717) is 24.4 Å². The molecule has 0 radical (unpaired) electrons. The Morgan fingerprint density at radius 2 is 2.04 bits per heavy atom. The highest BCUT2D eigenvalue weighted by Gasteiger charge is 2.55. The van der Waals surface area contributed by atoms with Crippen LogP contribution in [0.1, 0.15) is 47.5 Å².